The molecule has 166 valence electrons. The van der Waals surface area contributed by atoms with E-state index in [9.17, 15) is 0 Å². The Morgan fingerprint density at radius 2 is 1.31 bits per heavy atom. The first-order valence-corrected chi connectivity index (χ1v) is 12.9. The summed E-state index contributed by atoms with van der Waals surface area (Å²) in [7, 11) is 3.88. The third kappa shape index (κ3) is 2.91. The number of fused-ring (bicyclic) bond motifs is 6. The first-order chi connectivity index (χ1) is 17.2. The summed E-state index contributed by atoms with van der Waals surface area (Å²) >= 11 is 6.52. The van der Waals surface area contributed by atoms with Gasteiger partial charge in [0.15, 0.2) is 0 Å². The van der Waals surface area contributed by atoms with Crippen molar-refractivity contribution in [2.45, 2.75) is 11.8 Å². The van der Waals surface area contributed by atoms with Crippen LogP contribution in [0.2, 0.25) is 5.02 Å². The Labute approximate surface area is 213 Å². The molecule has 2 heteroatoms. The largest absolute Gasteiger partial charge is 0.125 e. The molecule has 0 bridgehead atoms. The van der Waals surface area contributed by atoms with Crippen LogP contribution in [0, 0.1) is 0 Å². The topological polar surface area (TPSA) is 0 Å². The van der Waals surface area contributed by atoms with E-state index >= 15 is 0 Å². The van der Waals surface area contributed by atoms with E-state index in [1.165, 1.54) is 61.2 Å². The van der Waals surface area contributed by atoms with Crippen molar-refractivity contribution in [3.63, 3.8) is 0 Å². The lowest BCUT2D eigenvalue weighted by atomic mass is 9.73. The van der Waals surface area contributed by atoms with Crippen molar-refractivity contribution in [2.24, 2.45) is 0 Å². The average molecular weight is 485 g/mol. The molecule has 2 aliphatic carbocycles. The molecule has 0 saturated heterocycles. The molecule has 5 aromatic rings. The van der Waals surface area contributed by atoms with E-state index in [1.54, 1.807) is 0 Å². The van der Waals surface area contributed by atoms with Gasteiger partial charge in [-0.15, -0.1) is 8.86 Å². The molecule has 0 amide bonds. The van der Waals surface area contributed by atoms with Gasteiger partial charge in [-0.1, -0.05) is 109 Å². The van der Waals surface area contributed by atoms with Gasteiger partial charge in [0.05, 0.1) is 5.41 Å². The lowest BCUT2D eigenvalue weighted by Crippen LogP contribution is -2.27. The molecular formula is C33H22ClP. The zero-order valence-corrected chi connectivity index (χ0v) is 20.8. The summed E-state index contributed by atoms with van der Waals surface area (Å²) in [6, 6.07) is 39.6. The molecule has 0 N–H and O–H groups in total. The van der Waals surface area contributed by atoms with E-state index < -0.39 is 0 Å². The van der Waals surface area contributed by atoms with Crippen molar-refractivity contribution in [2.75, 3.05) is 0 Å². The number of hydrogen-bond donors (Lipinski definition) is 0. The zero-order valence-electron chi connectivity index (χ0n) is 19.1. The molecule has 0 spiro atoms. The maximum absolute atomic E-state index is 6.52. The van der Waals surface area contributed by atoms with Crippen LogP contribution in [0.15, 0.2) is 109 Å². The summed E-state index contributed by atoms with van der Waals surface area (Å²) < 4.78 is 0. The Bertz CT molecular complexity index is 1650. The Balaban J connectivity index is 1.41. The van der Waals surface area contributed by atoms with Gasteiger partial charge in [0, 0.05) is 11.4 Å². The van der Waals surface area contributed by atoms with E-state index in [2.05, 4.69) is 112 Å². The summed E-state index contributed by atoms with van der Waals surface area (Å²) in [5.41, 5.74) is 13.7. The molecule has 0 aromatic heterocycles. The number of rotatable bonds is 3. The van der Waals surface area contributed by atoms with Crippen LogP contribution in [0.1, 0.15) is 27.8 Å². The summed E-state index contributed by atoms with van der Waals surface area (Å²) in [5, 5.41) is 0.857. The molecule has 35 heavy (non-hydrogen) atoms. The normalized spacial score (nSPS) is 16.8. The van der Waals surface area contributed by atoms with Gasteiger partial charge in [-0.05, 0) is 79.1 Å². The van der Waals surface area contributed by atoms with E-state index in [0.29, 0.717) is 0 Å². The standard InChI is InChI=1S/C33H22ClP/c34-32-12-6-10-26-25-15-13-21(17-23(25)18-29(26)32)22-14-16-28-27-9-4-5-11-30(27)33(20-35,31(28)19-22)24-7-2-1-3-8-24/h1-17,19-20,35H,18H2. The zero-order chi connectivity index (χ0) is 23.6. The molecule has 0 nitrogen and oxygen atoms in total. The number of halogens is 1. The van der Waals surface area contributed by atoms with Crippen molar-refractivity contribution in [3.05, 3.63) is 142 Å². The molecule has 0 fully saturated rings. The van der Waals surface area contributed by atoms with Crippen molar-refractivity contribution >= 4 is 26.3 Å². The first kappa shape index (κ1) is 20.9. The maximum atomic E-state index is 6.52. The van der Waals surface area contributed by atoms with Crippen molar-refractivity contribution in [1.29, 1.82) is 0 Å². The van der Waals surface area contributed by atoms with Crippen LogP contribution in [0.5, 0.6) is 0 Å². The first-order valence-electron chi connectivity index (χ1n) is 11.9. The fourth-order valence-corrected chi connectivity index (χ4v) is 6.83. The predicted octanol–water partition coefficient (Wildman–Crippen LogP) is 8.84. The van der Waals surface area contributed by atoms with E-state index in [-0.39, 0.29) is 5.41 Å². The summed E-state index contributed by atoms with van der Waals surface area (Å²) in [5.74, 6) is 2.18. The van der Waals surface area contributed by atoms with Gasteiger partial charge in [0.1, 0.15) is 0 Å². The third-order valence-corrected chi connectivity index (χ3v) is 8.53. The smallest absolute Gasteiger partial charge is 0.0683 e. The SMILES string of the molecule is P=CC1(c2ccccc2)c2ccccc2-c2ccc(-c3ccc4c(c3)Cc3c(Cl)cccc3-4)cc21. The Hall–Kier alpha value is -3.44. The van der Waals surface area contributed by atoms with Crippen LogP contribution in [0.4, 0.5) is 0 Å². The van der Waals surface area contributed by atoms with Gasteiger partial charge < -0.3 is 0 Å². The van der Waals surface area contributed by atoms with Crippen LogP contribution < -0.4 is 0 Å². The van der Waals surface area contributed by atoms with Crippen molar-refractivity contribution in [1.82, 2.24) is 0 Å². The molecule has 0 aliphatic heterocycles. The van der Waals surface area contributed by atoms with Crippen LogP contribution in [0.3, 0.4) is 0 Å². The minimum absolute atomic E-state index is 0.347. The van der Waals surface area contributed by atoms with Gasteiger partial charge >= 0.3 is 0 Å². The quantitative estimate of drug-likeness (QED) is 0.220. The number of hydrogen-bond acceptors (Lipinski definition) is 0. The minimum Gasteiger partial charge on any atom is -0.125 e. The second-order valence-corrected chi connectivity index (χ2v) is 10.1. The van der Waals surface area contributed by atoms with Gasteiger partial charge in [-0.25, -0.2) is 0 Å². The van der Waals surface area contributed by atoms with Gasteiger partial charge in [-0.2, -0.15) is 0 Å². The fraction of sp³-hybridized carbons (Fsp3) is 0.0606. The van der Waals surface area contributed by atoms with Crippen LogP contribution in [-0.4, -0.2) is 5.80 Å². The monoisotopic (exact) mass is 484 g/mol. The lowest BCUT2D eigenvalue weighted by Gasteiger charge is -2.29. The molecule has 1 atom stereocenters. The number of benzene rings is 5. The summed E-state index contributed by atoms with van der Waals surface area (Å²) in [4.78, 5) is 0. The molecule has 5 aromatic carbocycles. The summed E-state index contributed by atoms with van der Waals surface area (Å²) in [6.07, 6.45) is 0.886. The highest BCUT2D eigenvalue weighted by Gasteiger charge is 2.42. The predicted molar refractivity (Wildman–Crippen MR) is 151 cm³/mol. The van der Waals surface area contributed by atoms with Crippen LogP contribution in [0.25, 0.3) is 33.4 Å². The Kier molecular flexibility index (Phi) is 4.65. The average Bonchev–Trinajstić information content (AvgIpc) is 3.43. The van der Waals surface area contributed by atoms with E-state index in [1.807, 2.05) is 12.1 Å². The van der Waals surface area contributed by atoms with E-state index in [0.717, 1.165) is 11.4 Å². The minimum atomic E-state index is -0.347. The Morgan fingerprint density at radius 1 is 0.629 bits per heavy atom. The second-order valence-electron chi connectivity index (χ2n) is 9.44. The molecule has 0 saturated carbocycles. The van der Waals surface area contributed by atoms with Gasteiger partial charge in [0.2, 0.25) is 0 Å². The van der Waals surface area contributed by atoms with Gasteiger partial charge in [0.25, 0.3) is 0 Å². The van der Waals surface area contributed by atoms with E-state index in [4.69, 9.17) is 11.6 Å². The van der Waals surface area contributed by atoms with Crippen LogP contribution >= 0.6 is 20.5 Å². The van der Waals surface area contributed by atoms with Crippen molar-refractivity contribution < 1.29 is 0 Å². The highest BCUT2D eigenvalue weighted by Crippen LogP contribution is 2.53. The highest BCUT2D eigenvalue weighted by atomic mass is 35.5. The highest BCUT2D eigenvalue weighted by molar-refractivity contribution is 7.18. The molecule has 0 heterocycles. The molecule has 7 rings (SSSR count). The lowest BCUT2D eigenvalue weighted by molar-refractivity contribution is 0.888. The molecule has 1 unspecified atom stereocenters. The van der Waals surface area contributed by atoms with Crippen molar-refractivity contribution in [3.8, 4) is 33.4 Å². The molecular weight excluding hydrogens is 463 g/mol. The fourth-order valence-electron chi connectivity index (χ4n) is 6.11. The van der Waals surface area contributed by atoms with Gasteiger partial charge in [-0.3, -0.25) is 0 Å². The second kappa shape index (κ2) is 7.79. The molecule has 0 radical (unpaired) electrons. The molecule has 2 aliphatic rings. The maximum Gasteiger partial charge on any atom is 0.0683 e. The van der Waals surface area contributed by atoms with Crippen LogP contribution in [-0.2, 0) is 11.8 Å². The Morgan fingerprint density at radius 3 is 2.14 bits per heavy atom. The third-order valence-electron chi connectivity index (χ3n) is 7.75. The summed E-state index contributed by atoms with van der Waals surface area (Å²) in [6.45, 7) is 0.